The van der Waals surface area contributed by atoms with Gasteiger partial charge in [-0.05, 0) is 38.1 Å². The zero-order valence-electron chi connectivity index (χ0n) is 9.83. The lowest BCUT2D eigenvalue weighted by atomic mass is 10.0. The van der Waals surface area contributed by atoms with Crippen LogP contribution in [0, 0.1) is 11.6 Å². The molecule has 0 radical (unpaired) electrons. The van der Waals surface area contributed by atoms with Crippen molar-refractivity contribution in [3.05, 3.63) is 29.8 Å². The Kier molecular flexibility index (Phi) is 3.39. The monoisotopic (exact) mass is 276 g/mol. The SMILES string of the molecule is CC1(NS(=O)(=O)c2cc(F)ccc2F)CCNC1. The number of hydrogen-bond acceptors (Lipinski definition) is 3. The Hall–Kier alpha value is -1.05. The van der Waals surface area contributed by atoms with Gasteiger partial charge in [0.2, 0.25) is 10.0 Å². The molecular weight excluding hydrogens is 262 g/mol. The molecule has 2 rings (SSSR count). The number of benzene rings is 1. The number of nitrogens with one attached hydrogen (secondary N) is 2. The zero-order chi connectivity index (χ0) is 13.4. The summed E-state index contributed by atoms with van der Waals surface area (Å²) in [5.41, 5.74) is -0.669. The van der Waals surface area contributed by atoms with Crippen LogP contribution in [0.3, 0.4) is 0 Å². The normalized spacial score (nSPS) is 24.4. The van der Waals surface area contributed by atoms with Crippen LogP contribution in [0.1, 0.15) is 13.3 Å². The van der Waals surface area contributed by atoms with Gasteiger partial charge in [0.25, 0.3) is 0 Å². The molecule has 0 aliphatic carbocycles. The molecule has 1 aliphatic rings. The van der Waals surface area contributed by atoms with Gasteiger partial charge in [-0.1, -0.05) is 0 Å². The minimum Gasteiger partial charge on any atom is -0.315 e. The minimum atomic E-state index is -4.06. The van der Waals surface area contributed by atoms with Gasteiger partial charge in [0, 0.05) is 12.1 Å². The second kappa shape index (κ2) is 4.56. The summed E-state index contributed by atoms with van der Waals surface area (Å²) in [4.78, 5) is -0.657. The van der Waals surface area contributed by atoms with Gasteiger partial charge in [0.1, 0.15) is 16.5 Å². The van der Waals surface area contributed by atoms with Gasteiger partial charge >= 0.3 is 0 Å². The van der Waals surface area contributed by atoms with E-state index in [1.165, 1.54) is 0 Å². The molecule has 7 heteroatoms. The molecule has 1 atom stereocenters. The van der Waals surface area contributed by atoms with Gasteiger partial charge in [-0.3, -0.25) is 0 Å². The maximum atomic E-state index is 13.5. The van der Waals surface area contributed by atoms with E-state index in [1.807, 2.05) is 0 Å². The summed E-state index contributed by atoms with van der Waals surface area (Å²) in [6.07, 6.45) is 0.600. The first kappa shape index (κ1) is 13.4. The first-order valence-corrected chi connectivity index (χ1v) is 7.00. The molecule has 1 heterocycles. The van der Waals surface area contributed by atoms with Crippen molar-refractivity contribution in [3.63, 3.8) is 0 Å². The fourth-order valence-corrected chi connectivity index (χ4v) is 3.49. The van der Waals surface area contributed by atoms with Crippen molar-refractivity contribution < 1.29 is 17.2 Å². The molecule has 1 unspecified atom stereocenters. The maximum absolute atomic E-state index is 13.5. The highest BCUT2D eigenvalue weighted by molar-refractivity contribution is 7.89. The Labute approximate surface area is 104 Å². The highest BCUT2D eigenvalue weighted by Gasteiger charge is 2.34. The van der Waals surface area contributed by atoms with E-state index in [4.69, 9.17) is 0 Å². The Morgan fingerprint density at radius 3 is 2.72 bits per heavy atom. The van der Waals surface area contributed by atoms with Gasteiger partial charge in [-0.2, -0.15) is 0 Å². The van der Waals surface area contributed by atoms with Crippen molar-refractivity contribution in [2.75, 3.05) is 13.1 Å². The van der Waals surface area contributed by atoms with Crippen molar-refractivity contribution in [1.29, 1.82) is 0 Å². The summed E-state index contributed by atoms with van der Waals surface area (Å²) in [5, 5.41) is 3.02. The van der Waals surface area contributed by atoms with Crippen LogP contribution in [0.25, 0.3) is 0 Å². The molecule has 1 fully saturated rings. The Bertz CT molecular complexity index is 554. The van der Waals surface area contributed by atoms with Gasteiger partial charge in [0.05, 0.1) is 0 Å². The smallest absolute Gasteiger partial charge is 0.244 e. The van der Waals surface area contributed by atoms with Crippen molar-refractivity contribution in [2.24, 2.45) is 0 Å². The second-order valence-corrected chi connectivity index (χ2v) is 6.32. The van der Waals surface area contributed by atoms with E-state index in [0.29, 0.717) is 25.6 Å². The fraction of sp³-hybridized carbons (Fsp3) is 0.455. The third-order valence-electron chi connectivity index (χ3n) is 2.93. The number of rotatable bonds is 3. The van der Waals surface area contributed by atoms with Crippen LogP contribution in [-0.2, 0) is 10.0 Å². The van der Waals surface area contributed by atoms with E-state index in [2.05, 4.69) is 10.0 Å². The molecule has 2 N–H and O–H groups in total. The largest absolute Gasteiger partial charge is 0.315 e. The molecule has 100 valence electrons. The second-order valence-electron chi connectivity index (χ2n) is 4.67. The maximum Gasteiger partial charge on any atom is 0.244 e. The molecule has 1 aromatic carbocycles. The Balaban J connectivity index is 2.33. The third kappa shape index (κ3) is 2.68. The number of halogens is 2. The lowest BCUT2D eigenvalue weighted by molar-refractivity contribution is 0.448. The molecule has 1 aliphatic heterocycles. The summed E-state index contributed by atoms with van der Waals surface area (Å²) in [6, 6.07) is 2.37. The van der Waals surface area contributed by atoms with E-state index in [0.717, 1.165) is 12.1 Å². The first-order valence-electron chi connectivity index (χ1n) is 5.52. The van der Waals surface area contributed by atoms with Gasteiger partial charge in [-0.15, -0.1) is 0 Å². The minimum absolute atomic E-state index is 0.461. The van der Waals surface area contributed by atoms with Crippen LogP contribution in [0.15, 0.2) is 23.1 Å². The molecule has 1 aromatic rings. The van der Waals surface area contributed by atoms with E-state index >= 15 is 0 Å². The lowest BCUT2D eigenvalue weighted by Gasteiger charge is -2.24. The topological polar surface area (TPSA) is 58.2 Å². The molecule has 0 bridgehead atoms. The third-order valence-corrected chi connectivity index (χ3v) is 4.59. The fourth-order valence-electron chi connectivity index (χ4n) is 1.97. The highest BCUT2D eigenvalue weighted by Crippen LogP contribution is 2.21. The van der Waals surface area contributed by atoms with Crippen LogP contribution < -0.4 is 10.0 Å². The van der Waals surface area contributed by atoms with Crippen LogP contribution in [0.2, 0.25) is 0 Å². The van der Waals surface area contributed by atoms with Crippen LogP contribution >= 0.6 is 0 Å². The van der Waals surface area contributed by atoms with Gasteiger partial charge in [0.15, 0.2) is 0 Å². The summed E-state index contributed by atoms with van der Waals surface area (Å²) >= 11 is 0. The van der Waals surface area contributed by atoms with Crippen LogP contribution in [-0.4, -0.2) is 27.0 Å². The molecule has 4 nitrogen and oxygen atoms in total. The molecular formula is C11H14F2N2O2S. The molecule has 0 amide bonds. The molecule has 0 aromatic heterocycles. The summed E-state index contributed by atoms with van der Waals surface area (Å²) in [5.74, 6) is -1.75. The molecule has 1 saturated heterocycles. The van der Waals surface area contributed by atoms with E-state index in [9.17, 15) is 17.2 Å². The summed E-state index contributed by atoms with van der Waals surface area (Å²) in [6.45, 7) is 2.87. The molecule has 0 saturated carbocycles. The Morgan fingerprint density at radius 1 is 1.39 bits per heavy atom. The molecule has 18 heavy (non-hydrogen) atoms. The number of hydrogen-bond donors (Lipinski definition) is 2. The van der Waals surface area contributed by atoms with Crippen molar-refractivity contribution in [2.45, 2.75) is 23.8 Å². The van der Waals surface area contributed by atoms with E-state index < -0.39 is 32.1 Å². The van der Waals surface area contributed by atoms with Crippen LogP contribution in [0.4, 0.5) is 8.78 Å². The predicted octanol–water partition coefficient (Wildman–Crippen LogP) is 0.995. The summed E-state index contributed by atoms with van der Waals surface area (Å²) < 4.78 is 52.9. The predicted molar refractivity (Wildman–Crippen MR) is 62.6 cm³/mol. The van der Waals surface area contributed by atoms with E-state index in [-0.39, 0.29) is 0 Å². The number of sulfonamides is 1. The standard InChI is InChI=1S/C11H14F2N2O2S/c1-11(4-5-14-7-11)15-18(16,17)10-6-8(12)2-3-9(10)13/h2-3,6,14-15H,4-5,7H2,1H3. The first-order chi connectivity index (χ1) is 8.32. The Morgan fingerprint density at radius 2 is 2.11 bits per heavy atom. The van der Waals surface area contributed by atoms with Gasteiger partial charge in [-0.25, -0.2) is 21.9 Å². The van der Waals surface area contributed by atoms with Crippen molar-refractivity contribution in [3.8, 4) is 0 Å². The average molecular weight is 276 g/mol. The quantitative estimate of drug-likeness (QED) is 0.866. The van der Waals surface area contributed by atoms with Gasteiger partial charge < -0.3 is 5.32 Å². The average Bonchev–Trinajstić information content (AvgIpc) is 2.67. The van der Waals surface area contributed by atoms with Crippen LogP contribution in [0.5, 0.6) is 0 Å². The van der Waals surface area contributed by atoms with Crippen molar-refractivity contribution >= 4 is 10.0 Å². The van der Waals surface area contributed by atoms with Crippen molar-refractivity contribution in [1.82, 2.24) is 10.0 Å². The highest BCUT2D eigenvalue weighted by atomic mass is 32.2. The zero-order valence-corrected chi connectivity index (χ0v) is 10.7. The lowest BCUT2D eigenvalue weighted by Crippen LogP contribution is -2.47. The summed E-state index contributed by atoms with van der Waals surface area (Å²) in [7, 11) is -4.06. The molecule has 0 spiro atoms. The van der Waals surface area contributed by atoms with E-state index in [1.54, 1.807) is 6.92 Å².